The number of rotatable bonds is 4. The number of amides is 1. The van der Waals surface area contributed by atoms with Gasteiger partial charge in [0.15, 0.2) is 0 Å². The van der Waals surface area contributed by atoms with Crippen LogP contribution in [-0.4, -0.2) is 35.0 Å². The lowest BCUT2D eigenvalue weighted by atomic mass is 10.4. The zero-order valence-electron chi connectivity index (χ0n) is 6.66. The Morgan fingerprint density at radius 1 is 1.58 bits per heavy atom. The van der Waals surface area contributed by atoms with Crippen LogP contribution in [0.2, 0.25) is 0 Å². The highest BCUT2D eigenvalue weighted by Crippen LogP contribution is 1.92. The third kappa shape index (κ3) is 3.98. The summed E-state index contributed by atoms with van der Waals surface area (Å²) >= 11 is 5.16. The van der Waals surface area contributed by atoms with Gasteiger partial charge in [-0.05, 0) is 6.92 Å². The second-order valence-electron chi connectivity index (χ2n) is 2.04. The average molecular weight is 192 g/mol. The third-order valence-corrected chi connectivity index (χ3v) is 1.35. The zero-order chi connectivity index (χ0) is 9.56. The van der Waals surface area contributed by atoms with Crippen LogP contribution in [0, 0.1) is 0 Å². The fraction of sp³-hybridized carbons (Fsp3) is 0.429. The lowest BCUT2D eigenvalue weighted by Crippen LogP contribution is -2.34. The monoisotopic (exact) mass is 191 g/mol. The van der Waals surface area contributed by atoms with Gasteiger partial charge in [0.2, 0.25) is 5.91 Å². The Balaban J connectivity index is 4.14. The van der Waals surface area contributed by atoms with Crippen molar-refractivity contribution in [1.29, 1.82) is 0 Å². The van der Waals surface area contributed by atoms with Gasteiger partial charge in [-0.2, -0.15) is 0 Å². The van der Waals surface area contributed by atoms with E-state index in [-0.39, 0.29) is 6.54 Å². The Bertz CT molecular complexity index is 203. The van der Waals surface area contributed by atoms with Crippen LogP contribution in [0.1, 0.15) is 6.92 Å². The normalized spacial score (nSPS) is 10.2. The van der Waals surface area contributed by atoms with Crippen LogP contribution in [0.5, 0.6) is 0 Å². The SMILES string of the molecule is CCN(CC(=O)O)C(=O)/C=C/Cl. The first-order valence-corrected chi connectivity index (χ1v) is 3.83. The first kappa shape index (κ1) is 11.0. The molecule has 0 rings (SSSR count). The molecule has 0 aromatic rings. The minimum atomic E-state index is -1.03. The number of nitrogens with zero attached hydrogens (tertiary/aromatic N) is 1. The van der Waals surface area contributed by atoms with Gasteiger partial charge in [-0.3, -0.25) is 9.59 Å². The average Bonchev–Trinajstić information content (AvgIpc) is 2.00. The van der Waals surface area contributed by atoms with Crippen LogP contribution in [-0.2, 0) is 9.59 Å². The van der Waals surface area contributed by atoms with E-state index in [1.165, 1.54) is 4.90 Å². The second kappa shape index (κ2) is 5.60. The highest BCUT2D eigenvalue weighted by molar-refractivity contribution is 6.26. The van der Waals surface area contributed by atoms with Crippen molar-refractivity contribution in [1.82, 2.24) is 4.90 Å². The highest BCUT2D eigenvalue weighted by atomic mass is 35.5. The molecule has 0 spiro atoms. The molecule has 0 saturated heterocycles. The number of carbonyl (C=O) groups excluding carboxylic acids is 1. The van der Waals surface area contributed by atoms with Gasteiger partial charge in [0.25, 0.3) is 0 Å². The number of halogens is 1. The first-order chi connectivity index (χ1) is 5.61. The van der Waals surface area contributed by atoms with Gasteiger partial charge in [-0.15, -0.1) is 0 Å². The number of carboxylic acid groups (broad SMARTS) is 1. The number of carboxylic acids is 1. The van der Waals surface area contributed by atoms with E-state index in [2.05, 4.69) is 0 Å². The molecule has 0 aromatic carbocycles. The predicted octanol–water partition coefficient (Wildman–Crippen LogP) is 0.672. The van der Waals surface area contributed by atoms with Crippen molar-refractivity contribution in [3.05, 3.63) is 11.6 Å². The van der Waals surface area contributed by atoms with Crippen LogP contribution in [0.15, 0.2) is 11.6 Å². The Labute approximate surface area is 75.4 Å². The highest BCUT2D eigenvalue weighted by Gasteiger charge is 2.11. The molecule has 0 aliphatic carbocycles. The number of carbonyl (C=O) groups is 2. The Morgan fingerprint density at radius 3 is 2.50 bits per heavy atom. The van der Waals surface area contributed by atoms with Crippen LogP contribution in [0.3, 0.4) is 0 Å². The molecule has 0 saturated carbocycles. The third-order valence-electron chi connectivity index (χ3n) is 1.23. The molecule has 0 fully saturated rings. The molecule has 1 amide bonds. The minimum absolute atomic E-state index is 0.295. The predicted molar refractivity (Wildman–Crippen MR) is 44.9 cm³/mol. The van der Waals surface area contributed by atoms with Crippen molar-refractivity contribution in [2.24, 2.45) is 0 Å². The van der Waals surface area contributed by atoms with Gasteiger partial charge in [-0.25, -0.2) is 0 Å². The molecule has 4 nitrogen and oxygen atoms in total. The molecule has 68 valence electrons. The molecule has 12 heavy (non-hydrogen) atoms. The lowest BCUT2D eigenvalue weighted by molar-refractivity contribution is -0.142. The van der Waals surface area contributed by atoms with Gasteiger partial charge in [0, 0.05) is 18.2 Å². The van der Waals surface area contributed by atoms with Gasteiger partial charge in [0.05, 0.1) is 0 Å². The molecule has 0 aliphatic heterocycles. The zero-order valence-corrected chi connectivity index (χ0v) is 7.41. The van der Waals surface area contributed by atoms with Crippen LogP contribution in [0.4, 0.5) is 0 Å². The topological polar surface area (TPSA) is 57.6 Å². The first-order valence-electron chi connectivity index (χ1n) is 3.39. The van der Waals surface area contributed by atoms with Crippen molar-refractivity contribution in [2.45, 2.75) is 6.92 Å². The van der Waals surface area contributed by atoms with Crippen molar-refractivity contribution >= 4 is 23.5 Å². The van der Waals surface area contributed by atoms with E-state index in [1.54, 1.807) is 6.92 Å². The smallest absolute Gasteiger partial charge is 0.323 e. The summed E-state index contributed by atoms with van der Waals surface area (Å²) in [6.07, 6.45) is 1.12. The summed E-state index contributed by atoms with van der Waals surface area (Å²) in [5.74, 6) is -1.43. The van der Waals surface area contributed by atoms with Crippen LogP contribution in [0.25, 0.3) is 0 Å². The fourth-order valence-electron chi connectivity index (χ4n) is 0.668. The van der Waals surface area contributed by atoms with Gasteiger partial charge >= 0.3 is 5.97 Å². The number of hydrogen-bond acceptors (Lipinski definition) is 2. The minimum Gasteiger partial charge on any atom is -0.480 e. The molecule has 0 bridgehead atoms. The summed E-state index contributed by atoms with van der Waals surface area (Å²) < 4.78 is 0. The van der Waals surface area contributed by atoms with Gasteiger partial charge in [-0.1, -0.05) is 11.6 Å². The molecule has 0 heterocycles. The molecular weight excluding hydrogens is 182 g/mol. The number of likely N-dealkylation sites (N-methyl/N-ethyl adjacent to an activating group) is 1. The summed E-state index contributed by atoms with van der Waals surface area (Å²) in [5.41, 5.74) is 1.06. The maximum absolute atomic E-state index is 11.0. The molecule has 5 heteroatoms. The Morgan fingerprint density at radius 2 is 2.17 bits per heavy atom. The Hall–Kier alpha value is -1.03. The largest absolute Gasteiger partial charge is 0.480 e. The summed E-state index contributed by atoms with van der Waals surface area (Å²) in [5, 5.41) is 8.38. The van der Waals surface area contributed by atoms with Gasteiger partial charge in [0.1, 0.15) is 6.54 Å². The summed E-state index contributed by atoms with van der Waals surface area (Å²) in [6, 6.07) is 0. The molecule has 0 aromatic heterocycles. The van der Waals surface area contributed by atoms with E-state index in [1.807, 2.05) is 0 Å². The molecule has 1 N–H and O–H groups in total. The van der Waals surface area contributed by atoms with Crippen LogP contribution >= 0.6 is 11.6 Å². The number of aliphatic carboxylic acids is 1. The molecule has 0 atom stereocenters. The molecule has 0 unspecified atom stereocenters. The second-order valence-corrected chi connectivity index (χ2v) is 2.29. The van der Waals surface area contributed by atoms with Crippen molar-refractivity contribution in [3.8, 4) is 0 Å². The summed E-state index contributed by atoms with van der Waals surface area (Å²) in [7, 11) is 0. The van der Waals surface area contributed by atoms with Crippen molar-refractivity contribution < 1.29 is 14.7 Å². The van der Waals surface area contributed by atoms with Crippen molar-refractivity contribution in [2.75, 3.05) is 13.1 Å². The maximum atomic E-state index is 11.0. The van der Waals surface area contributed by atoms with E-state index in [0.29, 0.717) is 6.54 Å². The van der Waals surface area contributed by atoms with Crippen LogP contribution < -0.4 is 0 Å². The quantitative estimate of drug-likeness (QED) is 0.665. The van der Waals surface area contributed by atoms with E-state index >= 15 is 0 Å². The maximum Gasteiger partial charge on any atom is 0.323 e. The van der Waals surface area contributed by atoms with E-state index in [0.717, 1.165) is 11.6 Å². The Kier molecular flexibility index (Phi) is 5.12. The van der Waals surface area contributed by atoms with Gasteiger partial charge < -0.3 is 10.0 Å². The van der Waals surface area contributed by atoms with E-state index in [9.17, 15) is 9.59 Å². The summed E-state index contributed by atoms with van der Waals surface area (Å²) in [4.78, 5) is 22.4. The molecular formula is C7H10ClNO3. The molecule has 0 aliphatic rings. The standard InChI is InChI=1S/C7H10ClNO3/c1-2-9(5-7(11)12)6(10)3-4-8/h3-4H,2,5H2,1H3,(H,11,12)/b4-3+. The lowest BCUT2D eigenvalue weighted by Gasteiger charge is -2.15. The van der Waals surface area contributed by atoms with E-state index in [4.69, 9.17) is 16.7 Å². The van der Waals surface area contributed by atoms with E-state index < -0.39 is 11.9 Å². The fourth-order valence-corrected chi connectivity index (χ4v) is 0.776. The summed E-state index contributed by atoms with van der Waals surface area (Å²) in [6.45, 7) is 1.76. The number of hydrogen-bond donors (Lipinski definition) is 1. The van der Waals surface area contributed by atoms with Crippen molar-refractivity contribution in [3.63, 3.8) is 0 Å². The molecule has 0 radical (unpaired) electrons.